The number of nitro benzene ring substituents is 1. The van der Waals surface area contributed by atoms with Crippen LogP contribution in [0.2, 0.25) is 0 Å². The molecule has 2 aliphatic heterocycles. The number of nitrogens with zero attached hydrogens (tertiary/aromatic N) is 3. The van der Waals surface area contributed by atoms with Gasteiger partial charge in [0, 0.05) is 19.0 Å². The van der Waals surface area contributed by atoms with Crippen LogP contribution in [-0.4, -0.2) is 43.2 Å². The second kappa shape index (κ2) is 4.59. The van der Waals surface area contributed by atoms with E-state index in [0.29, 0.717) is 12.4 Å². The van der Waals surface area contributed by atoms with Crippen LogP contribution < -0.4 is 9.64 Å². The largest absolute Gasteiger partial charge is 0.494 e. The molecule has 2 heterocycles. The highest BCUT2D eigenvalue weighted by Gasteiger charge is 2.54. The molecule has 1 saturated heterocycles. The van der Waals surface area contributed by atoms with Crippen molar-refractivity contribution in [3.05, 3.63) is 27.8 Å². The second-order valence-corrected chi connectivity index (χ2v) is 6.16. The highest BCUT2D eigenvalue weighted by Crippen LogP contribution is 2.55. The van der Waals surface area contributed by atoms with Crippen LogP contribution in [0.5, 0.6) is 5.75 Å². The number of likely N-dealkylation sites (tertiary alicyclic amines) is 1. The minimum Gasteiger partial charge on any atom is -0.494 e. The molecule has 0 radical (unpaired) electrons. The average Bonchev–Trinajstić information content (AvgIpc) is 2.84. The minimum atomic E-state index is -0.303. The third kappa shape index (κ3) is 1.82. The summed E-state index contributed by atoms with van der Waals surface area (Å²) in [6.45, 7) is 5.59. The van der Waals surface area contributed by atoms with Gasteiger partial charge < -0.3 is 9.64 Å². The van der Waals surface area contributed by atoms with Gasteiger partial charge in [0.15, 0.2) is 0 Å². The van der Waals surface area contributed by atoms with Gasteiger partial charge in [0.25, 0.3) is 5.69 Å². The molecule has 0 spiro atoms. The number of anilines is 1. The molecule has 0 aliphatic carbocycles. The Balaban J connectivity index is 2.22. The van der Waals surface area contributed by atoms with Crippen molar-refractivity contribution < 1.29 is 9.66 Å². The number of fused-ring (bicyclic) bond motifs is 3. The molecule has 2 atom stereocenters. The lowest BCUT2D eigenvalue weighted by molar-refractivity contribution is -0.384. The lowest BCUT2D eigenvalue weighted by atomic mass is 9.81. The van der Waals surface area contributed by atoms with E-state index < -0.39 is 0 Å². The van der Waals surface area contributed by atoms with Gasteiger partial charge in [-0.3, -0.25) is 15.0 Å². The Labute approximate surface area is 124 Å². The van der Waals surface area contributed by atoms with Gasteiger partial charge in [0.2, 0.25) is 0 Å². The van der Waals surface area contributed by atoms with Crippen LogP contribution in [0.1, 0.15) is 25.8 Å². The van der Waals surface area contributed by atoms with E-state index >= 15 is 0 Å². The fourth-order valence-electron chi connectivity index (χ4n) is 4.05. The monoisotopic (exact) mass is 291 g/mol. The van der Waals surface area contributed by atoms with Gasteiger partial charge in [-0.25, -0.2) is 0 Å². The summed E-state index contributed by atoms with van der Waals surface area (Å²) in [5, 5.41) is 11.5. The van der Waals surface area contributed by atoms with E-state index in [9.17, 15) is 10.1 Å². The topological polar surface area (TPSA) is 58.9 Å². The van der Waals surface area contributed by atoms with Gasteiger partial charge in [-0.2, -0.15) is 0 Å². The Kier molecular flexibility index (Phi) is 3.09. The molecule has 1 aromatic rings. The molecule has 0 saturated carbocycles. The standard InChI is InChI=1S/C15H21N3O3/c1-5-21-10-8-11-13(12(9-10)18(19)20)17(4)14-15(11,2)6-7-16(14)3/h8-9,14H,5-7H2,1-4H3/t14?,15-/m0/s1. The Morgan fingerprint density at radius 2 is 2.19 bits per heavy atom. The van der Waals surface area contributed by atoms with Crippen molar-refractivity contribution in [1.82, 2.24) is 4.90 Å². The van der Waals surface area contributed by atoms with Crippen molar-refractivity contribution in [3.63, 3.8) is 0 Å². The quantitative estimate of drug-likeness (QED) is 0.632. The zero-order chi connectivity index (χ0) is 15.4. The summed E-state index contributed by atoms with van der Waals surface area (Å²) < 4.78 is 5.54. The third-order valence-electron chi connectivity index (χ3n) is 4.88. The van der Waals surface area contributed by atoms with Crippen molar-refractivity contribution in [2.45, 2.75) is 31.8 Å². The van der Waals surface area contributed by atoms with E-state index in [0.717, 1.165) is 24.2 Å². The summed E-state index contributed by atoms with van der Waals surface area (Å²) in [7, 11) is 4.03. The molecule has 114 valence electrons. The Bertz CT molecular complexity index is 604. The fraction of sp³-hybridized carbons (Fsp3) is 0.600. The van der Waals surface area contributed by atoms with Crippen LogP contribution in [0.4, 0.5) is 11.4 Å². The predicted molar refractivity (Wildman–Crippen MR) is 81.1 cm³/mol. The molecule has 6 nitrogen and oxygen atoms in total. The van der Waals surface area contributed by atoms with Crippen LogP contribution in [-0.2, 0) is 5.41 Å². The van der Waals surface area contributed by atoms with Crippen molar-refractivity contribution in [2.24, 2.45) is 0 Å². The molecule has 0 amide bonds. The molecule has 21 heavy (non-hydrogen) atoms. The van der Waals surface area contributed by atoms with E-state index in [4.69, 9.17) is 4.74 Å². The van der Waals surface area contributed by atoms with Crippen molar-refractivity contribution >= 4 is 11.4 Å². The van der Waals surface area contributed by atoms with E-state index in [2.05, 4.69) is 23.8 Å². The van der Waals surface area contributed by atoms with Crippen LogP contribution in [0.15, 0.2) is 12.1 Å². The molecule has 0 aromatic heterocycles. The summed E-state index contributed by atoms with van der Waals surface area (Å²) in [5.74, 6) is 0.591. The third-order valence-corrected chi connectivity index (χ3v) is 4.88. The number of likely N-dealkylation sites (N-methyl/N-ethyl adjacent to an activating group) is 2. The van der Waals surface area contributed by atoms with Gasteiger partial charge in [0.1, 0.15) is 11.4 Å². The van der Waals surface area contributed by atoms with Crippen LogP contribution in [0, 0.1) is 10.1 Å². The Hall–Kier alpha value is -1.82. The number of hydrogen-bond donors (Lipinski definition) is 0. The summed E-state index contributed by atoms with van der Waals surface area (Å²) in [4.78, 5) is 15.5. The molecular weight excluding hydrogens is 270 g/mol. The highest BCUT2D eigenvalue weighted by molar-refractivity contribution is 5.76. The van der Waals surface area contributed by atoms with Gasteiger partial charge in [-0.05, 0) is 32.0 Å². The summed E-state index contributed by atoms with van der Waals surface area (Å²) in [6, 6.07) is 3.53. The number of benzene rings is 1. The predicted octanol–water partition coefficient (Wildman–Crippen LogP) is 2.36. The molecule has 3 rings (SSSR count). The smallest absolute Gasteiger partial charge is 0.296 e. The summed E-state index contributed by atoms with van der Waals surface area (Å²) in [5.41, 5.74) is 1.83. The van der Waals surface area contributed by atoms with Crippen LogP contribution >= 0.6 is 0 Å². The first-order valence-corrected chi connectivity index (χ1v) is 7.29. The first-order valence-electron chi connectivity index (χ1n) is 7.29. The Morgan fingerprint density at radius 3 is 2.81 bits per heavy atom. The van der Waals surface area contributed by atoms with Crippen molar-refractivity contribution in [2.75, 3.05) is 32.1 Å². The molecule has 2 aliphatic rings. The lowest BCUT2D eigenvalue weighted by Gasteiger charge is -2.32. The van der Waals surface area contributed by atoms with Crippen LogP contribution in [0.25, 0.3) is 0 Å². The lowest BCUT2D eigenvalue weighted by Crippen LogP contribution is -2.45. The maximum atomic E-state index is 11.5. The van der Waals surface area contributed by atoms with Gasteiger partial charge >= 0.3 is 0 Å². The molecule has 0 bridgehead atoms. The molecule has 1 fully saturated rings. The maximum absolute atomic E-state index is 11.5. The molecule has 1 unspecified atom stereocenters. The number of hydrogen-bond acceptors (Lipinski definition) is 5. The second-order valence-electron chi connectivity index (χ2n) is 6.16. The zero-order valence-corrected chi connectivity index (χ0v) is 12.9. The van der Waals surface area contributed by atoms with Gasteiger partial charge in [-0.1, -0.05) is 6.92 Å². The zero-order valence-electron chi connectivity index (χ0n) is 12.9. The summed E-state index contributed by atoms with van der Waals surface area (Å²) >= 11 is 0. The SMILES string of the molecule is CCOc1cc([N+](=O)[O-])c2c(c1)[C@]1(C)CCN(C)C1N2C. The normalized spacial score (nSPS) is 27.6. The first-order chi connectivity index (χ1) is 9.90. The number of nitro groups is 1. The fourth-order valence-corrected chi connectivity index (χ4v) is 4.05. The van der Waals surface area contributed by atoms with Gasteiger partial charge in [0.05, 0.1) is 23.8 Å². The van der Waals surface area contributed by atoms with E-state index in [1.54, 1.807) is 6.07 Å². The molecule has 0 N–H and O–H groups in total. The number of ether oxygens (including phenoxy) is 1. The first kappa shape index (κ1) is 14.1. The van der Waals surface area contributed by atoms with Gasteiger partial charge in [-0.15, -0.1) is 0 Å². The molecule has 6 heteroatoms. The van der Waals surface area contributed by atoms with E-state index in [-0.39, 0.29) is 22.2 Å². The minimum absolute atomic E-state index is 0.0866. The maximum Gasteiger partial charge on any atom is 0.296 e. The van der Waals surface area contributed by atoms with Crippen molar-refractivity contribution in [1.29, 1.82) is 0 Å². The Morgan fingerprint density at radius 1 is 1.48 bits per heavy atom. The van der Waals surface area contributed by atoms with Crippen molar-refractivity contribution in [3.8, 4) is 5.75 Å². The van der Waals surface area contributed by atoms with E-state index in [1.807, 2.05) is 20.0 Å². The molecule has 1 aromatic carbocycles. The highest BCUT2D eigenvalue weighted by atomic mass is 16.6. The average molecular weight is 291 g/mol. The summed E-state index contributed by atoms with van der Waals surface area (Å²) in [6.07, 6.45) is 1.17. The van der Waals surface area contributed by atoms with Crippen LogP contribution in [0.3, 0.4) is 0 Å². The number of rotatable bonds is 3. The van der Waals surface area contributed by atoms with E-state index in [1.165, 1.54) is 0 Å². The molecular formula is C15H21N3O3.